The Balaban J connectivity index is 1.11. The lowest BCUT2D eigenvalue weighted by molar-refractivity contribution is -0.168. The van der Waals surface area contributed by atoms with Crippen LogP contribution in [0.15, 0.2) is 58.1 Å². The van der Waals surface area contributed by atoms with Gasteiger partial charge in [0.2, 0.25) is 0 Å². The SMILES string of the molecule is Cc1cccc2cc(N3CCCC3CN3CCCC3)c(=O)n(OC(=O)C(=O)On3c(=O)c(N4CCCC4CN4CCCC4)cc4cccc(C)c43)c12. The molecule has 2 atom stereocenters. The van der Waals surface area contributed by atoms with Crippen LogP contribution in [0.4, 0.5) is 11.4 Å². The first-order valence-corrected chi connectivity index (χ1v) is 19.0. The zero-order valence-corrected chi connectivity index (χ0v) is 30.2. The molecule has 12 nitrogen and oxygen atoms in total. The van der Waals surface area contributed by atoms with Crippen LogP contribution in [-0.4, -0.2) is 95.6 Å². The third kappa shape index (κ3) is 6.47. The molecule has 0 N–H and O–H groups in total. The molecule has 4 aliphatic rings. The van der Waals surface area contributed by atoms with Crippen molar-refractivity contribution in [1.29, 1.82) is 0 Å². The molecule has 2 unspecified atom stereocenters. The van der Waals surface area contributed by atoms with E-state index < -0.39 is 23.1 Å². The highest BCUT2D eigenvalue weighted by atomic mass is 16.7. The second-order valence-corrected chi connectivity index (χ2v) is 15.0. The molecule has 2 aromatic carbocycles. The first-order valence-electron chi connectivity index (χ1n) is 19.0. The van der Waals surface area contributed by atoms with E-state index in [0.29, 0.717) is 57.4 Å². The maximum atomic E-state index is 14.3. The van der Waals surface area contributed by atoms with Gasteiger partial charge in [0, 0.05) is 49.0 Å². The van der Waals surface area contributed by atoms with Crippen molar-refractivity contribution in [2.24, 2.45) is 0 Å². The molecule has 2 aromatic heterocycles. The van der Waals surface area contributed by atoms with Crippen LogP contribution < -0.4 is 30.6 Å². The summed E-state index contributed by atoms with van der Waals surface area (Å²) in [5.41, 5.74) is 2.03. The predicted molar refractivity (Wildman–Crippen MR) is 201 cm³/mol. The zero-order valence-electron chi connectivity index (χ0n) is 30.2. The molecule has 4 aromatic rings. The fourth-order valence-corrected chi connectivity index (χ4v) is 9.02. The molecule has 0 bridgehead atoms. The van der Waals surface area contributed by atoms with Crippen LogP contribution in [0, 0.1) is 13.8 Å². The predicted octanol–water partition coefficient (Wildman–Crippen LogP) is 3.67. The number of carbonyl (C=O) groups excluding carboxylic acids is 2. The lowest BCUT2D eigenvalue weighted by Crippen LogP contribution is -2.46. The van der Waals surface area contributed by atoms with Gasteiger partial charge >= 0.3 is 23.1 Å². The largest absolute Gasteiger partial charge is 0.444 e. The lowest BCUT2D eigenvalue weighted by Gasteiger charge is -2.30. The maximum Gasteiger partial charge on any atom is 0.444 e. The summed E-state index contributed by atoms with van der Waals surface area (Å²) in [6.45, 7) is 11.0. The summed E-state index contributed by atoms with van der Waals surface area (Å²) in [7, 11) is 0. The Morgan fingerprint density at radius 1 is 0.596 bits per heavy atom. The Kier molecular flexibility index (Phi) is 9.52. The molecule has 4 saturated heterocycles. The van der Waals surface area contributed by atoms with Gasteiger partial charge in [-0.25, -0.2) is 9.59 Å². The Hall–Kier alpha value is -4.68. The van der Waals surface area contributed by atoms with Crippen LogP contribution in [0.1, 0.15) is 62.5 Å². The van der Waals surface area contributed by atoms with Crippen molar-refractivity contribution >= 4 is 45.1 Å². The minimum absolute atomic E-state index is 0.156. The molecule has 52 heavy (non-hydrogen) atoms. The van der Waals surface area contributed by atoms with Gasteiger partial charge in [0.1, 0.15) is 11.4 Å². The number of aromatic nitrogens is 2. The number of benzene rings is 2. The van der Waals surface area contributed by atoms with Crippen molar-refractivity contribution in [2.45, 2.75) is 77.3 Å². The van der Waals surface area contributed by atoms with Gasteiger partial charge in [-0.15, -0.1) is 9.46 Å². The molecule has 4 fully saturated rings. The topological polar surface area (TPSA) is 110 Å². The van der Waals surface area contributed by atoms with Crippen LogP contribution in [-0.2, 0) is 9.59 Å². The van der Waals surface area contributed by atoms with E-state index in [1.807, 2.05) is 62.4 Å². The smallest absolute Gasteiger partial charge is 0.363 e. The second-order valence-electron chi connectivity index (χ2n) is 15.0. The number of para-hydroxylation sites is 2. The molecule has 0 amide bonds. The molecular weight excluding hydrogens is 660 g/mol. The third-order valence-corrected chi connectivity index (χ3v) is 11.6. The molecule has 8 rings (SSSR count). The van der Waals surface area contributed by atoms with Gasteiger partial charge < -0.3 is 29.3 Å². The van der Waals surface area contributed by atoms with E-state index in [-0.39, 0.29) is 12.1 Å². The van der Waals surface area contributed by atoms with Crippen molar-refractivity contribution in [3.8, 4) is 0 Å². The van der Waals surface area contributed by atoms with Gasteiger partial charge in [0.05, 0.1) is 11.0 Å². The molecule has 6 heterocycles. The van der Waals surface area contributed by atoms with E-state index >= 15 is 0 Å². The highest BCUT2D eigenvalue weighted by molar-refractivity contribution is 6.30. The molecule has 4 aliphatic heterocycles. The summed E-state index contributed by atoms with van der Waals surface area (Å²) in [5, 5.41) is 1.42. The number of rotatable bonds is 8. The molecule has 0 radical (unpaired) electrons. The first-order chi connectivity index (χ1) is 25.3. The molecule has 0 aliphatic carbocycles. The number of hydrogen-bond acceptors (Lipinski definition) is 10. The number of anilines is 2. The van der Waals surface area contributed by atoms with E-state index in [2.05, 4.69) is 19.6 Å². The van der Waals surface area contributed by atoms with Crippen molar-refractivity contribution in [3.05, 3.63) is 80.4 Å². The van der Waals surface area contributed by atoms with Crippen molar-refractivity contribution in [3.63, 3.8) is 0 Å². The minimum atomic E-state index is -1.40. The van der Waals surface area contributed by atoms with E-state index in [4.69, 9.17) is 9.68 Å². The van der Waals surface area contributed by atoms with Gasteiger partial charge in [0.25, 0.3) is 0 Å². The number of aryl methyl sites for hydroxylation is 2. The summed E-state index contributed by atoms with van der Waals surface area (Å²) in [5.74, 6) is -2.79. The van der Waals surface area contributed by atoms with Gasteiger partial charge in [-0.3, -0.25) is 9.59 Å². The third-order valence-electron chi connectivity index (χ3n) is 11.6. The van der Waals surface area contributed by atoms with Crippen LogP contribution in [0.3, 0.4) is 0 Å². The summed E-state index contributed by atoms with van der Waals surface area (Å²) in [4.78, 5) is 76.3. The summed E-state index contributed by atoms with van der Waals surface area (Å²) in [6.07, 6.45) is 8.57. The molecule has 0 saturated carbocycles. The quantitative estimate of drug-likeness (QED) is 0.252. The Labute approximate surface area is 303 Å². The van der Waals surface area contributed by atoms with Gasteiger partial charge in [-0.1, -0.05) is 36.4 Å². The van der Waals surface area contributed by atoms with Crippen molar-refractivity contribution < 1.29 is 19.3 Å². The molecular formula is C40H48N6O6. The second kappa shape index (κ2) is 14.4. The van der Waals surface area contributed by atoms with E-state index in [1.165, 1.54) is 25.7 Å². The van der Waals surface area contributed by atoms with Gasteiger partial charge in [-0.2, -0.15) is 0 Å². The minimum Gasteiger partial charge on any atom is -0.363 e. The van der Waals surface area contributed by atoms with Crippen molar-refractivity contribution in [1.82, 2.24) is 19.3 Å². The molecule has 12 heteroatoms. The van der Waals surface area contributed by atoms with Crippen LogP contribution in [0.25, 0.3) is 21.8 Å². The average molecular weight is 709 g/mol. The van der Waals surface area contributed by atoms with Gasteiger partial charge in [0.15, 0.2) is 0 Å². The van der Waals surface area contributed by atoms with Gasteiger partial charge in [-0.05, 0) is 115 Å². The Bertz CT molecular complexity index is 1980. The Morgan fingerprint density at radius 3 is 1.40 bits per heavy atom. The van der Waals surface area contributed by atoms with Crippen molar-refractivity contribution in [2.75, 3.05) is 62.2 Å². The average Bonchev–Trinajstić information content (AvgIpc) is 3.98. The number of nitrogens with zero attached hydrogens (tertiary/aromatic N) is 6. The molecule has 0 spiro atoms. The van der Waals surface area contributed by atoms with Crippen LogP contribution >= 0.6 is 0 Å². The molecule has 274 valence electrons. The lowest BCUT2D eigenvalue weighted by atomic mass is 10.1. The number of likely N-dealkylation sites (tertiary alicyclic amines) is 2. The normalized spacial score (nSPS) is 21.2. The number of hydrogen-bond donors (Lipinski definition) is 0. The highest BCUT2D eigenvalue weighted by Gasteiger charge is 2.34. The standard InChI is InChI=1S/C40H48N6O6/c1-27-11-7-13-29-23-33(43-21-9-15-31(43)25-41-17-3-4-18-41)37(47)45(35(27)29)51-39(49)40(50)52-46-36-28(2)12-8-14-30(36)24-34(38(46)48)44-22-10-16-32(44)26-42-19-5-6-20-42/h7-8,11-14,23-24,31-32H,3-6,9-10,15-22,25-26H2,1-2H3. The highest BCUT2D eigenvalue weighted by Crippen LogP contribution is 2.30. The summed E-state index contributed by atoms with van der Waals surface area (Å²) < 4.78 is 1.87. The maximum absolute atomic E-state index is 14.3. The van der Waals surface area contributed by atoms with E-state index in [1.54, 1.807) is 0 Å². The first kappa shape index (κ1) is 34.4. The Morgan fingerprint density at radius 2 is 1.00 bits per heavy atom. The van der Waals surface area contributed by atoms with Crippen LogP contribution in [0.5, 0.6) is 0 Å². The number of carbonyl (C=O) groups is 2. The number of fused-ring (bicyclic) bond motifs is 2. The monoisotopic (exact) mass is 708 g/mol. The van der Waals surface area contributed by atoms with E-state index in [9.17, 15) is 19.2 Å². The summed E-state index contributed by atoms with van der Waals surface area (Å²) >= 11 is 0. The fraction of sp³-hybridized carbons (Fsp3) is 0.500. The summed E-state index contributed by atoms with van der Waals surface area (Å²) in [6, 6.07) is 15.2. The van der Waals surface area contributed by atoms with Crippen LogP contribution in [0.2, 0.25) is 0 Å². The fourth-order valence-electron chi connectivity index (χ4n) is 9.02. The zero-order chi connectivity index (χ0) is 35.9. The number of pyridine rings is 2. The van der Waals surface area contributed by atoms with E-state index in [0.717, 1.165) is 74.4 Å².